The van der Waals surface area contributed by atoms with Gasteiger partial charge >= 0.3 is 0 Å². The summed E-state index contributed by atoms with van der Waals surface area (Å²) < 4.78 is 0. The SMILES string of the molecule is CCNC(=O)c1ncccc1C#CCCO. The number of aromatic nitrogens is 1. The highest BCUT2D eigenvalue weighted by molar-refractivity contribution is 5.94. The van der Waals surface area contributed by atoms with Crippen LogP contribution < -0.4 is 5.32 Å². The average molecular weight is 218 g/mol. The lowest BCUT2D eigenvalue weighted by Gasteiger charge is -2.02. The first kappa shape index (κ1) is 12.2. The summed E-state index contributed by atoms with van der Waals surface area (Å²) in [7, 11) is 0. The molecular weight excluding hydrogens is 204 g/mol. The topological polar surface area (TPSA) is 62.2 Å². The summed E-state index contributed by atoms with van der Waals surface area (Å²) in [5, 5.41) is 11.3. The predicted octanol–water partition coefficient (Wildman–Crippen LogP) is 0.565. The van der Waals surface area contributed by atoms with Crippen molar-refractivity contribution in [2.24, 2.45) is 0 Å². The van der Waals surface area contributed by atoms with Gasteiger partial charge in [0.1, 0.15) is 5.69 Å². The lowest BCUT2D eigenvalue weighted by Crippen LogP contribution is -2.24. The molecule has 0 saturated heterocycles. The van der Waals surface area contributed by atoms with Crippen LogP contribution in [0, 0.1) is 11.8 Å². The molecule has 0 atom stereocenters. The van der Waals surface area contributed by atoms with Crippen molar-refractivity contribution in [3.63, 3.8) is 0 Å². The minimum absolute atomic E-state index is 0.0176. The lowest BCUT2D eigenvalue weighted by molar-refractivity contribution is 0.0950. The Morgan fingerprint density at radius 1 is 1.62 bits per heavy atom. The van der Waals surface area contributed by atoms with E-state index in [1.54, 1.807) is 18.3 Å². The summed E-state index contributed by atoms with van der Waals surface area (Å²) >= 11 is 0. The number of carbonyl (C=O) groups excluding carboxylic acids is 1. The predicted molar refractivity (Wildman–Crippen MR) is 60.8 cm³/mol. The largest absolute Gasteiger partial charge is 0.395 e. The number of aliphatic hydroxyl groups is 1. The van der Waals surface area contributed by atoms with E-state index in [1.165, 1.54) is 0 Å². The number of pyridine rings is 1. The molecule has 0 bridgehead atoms. The Labute approximate surface area is 94.7 Å². The zero-order valence-corrected chi connectivity index (χ0v) is 9.16. The molecule has 0 unspecified atom stereocenters. The molecule has 1 aromatic rings. The molecule has 0 saturated carbocycles. The van der Waals surface area contributed by atoms with Crippen LogP contribution in [0.5, 0.6) is 0 Å². The molecule has 1 rings (SSSR count). The van der Waals surface area contributed by atoms with Gasteiger partial charge in [0.25, 0.3) is 5.91 Å². The van der Waals surface area contributed by atoms with Crippen LogP contribution in [-0.2, 0) is 0 Å². The highest BCUT2D eigenvalue weighted by Crippen LogP contribution is 2.03. The first-order chi connectivity index (χ1) is 7.79. The molecule has 0 aliphatic rings. The Morgan fingerprint density at radius 3 is 3.12 bits per heavy atom. The number of nitrogens with zero attached hydrogens (tertiary/aromatic N) is 1. The van der Waals surface area contributed by atoms with Crippen LogP contribution in [-0.4, -0.2) is 29.1 Å². The summed E-state index contributed by atoms with van der Waals surface area (Å²) in [6, 6.07) is 3.47. The fraction of sp³-hybridized carbons (Fsp3) is 0.333. The monoisotopic (exact) mass is 218 g/mol. The smallest absolute Gasteiger partial charge is 0.271 e. The van der Waals surface area contributed by atoms with E-state index in [9.17, 15) is 4.79 Å². The molecule has 0 aliphatic carbocycles. The molecule has 0 radical (unpaired) electrons. The van der Waals surface area contributed by atoms with Gasteiger partial charge < -0.3 is 10.4 Å². The second-order valence-electron chi connectivity index (χ2n) is 3.03. The number of rotatable bonds is 3. The average Bonchev–Trinajstić information content (AvgIpc) is 2.30. The number of hydrogen-bond acceptors (Lipinski definition) is 3. The maximum absolute atomic E-state index is 11.6. The highest BCUT2D eigenvalue weighted by Gasteiger charge is 2.09. The summed E-state index contributed by atoms with van der Waals surface area (Å²) in [6.07, 6.45) is 1.95. The summed E-state index contributed by atoms with van der Waals surface area (Å²) in [6.45, 7) is 2.42. The van der Waals surface area contributed by atoms with Crippen molar-refractivity contribution in [3.05, 3.63) is 29.6 Å². The van der Waals surface area contributed by atoms with Gasteiger partial charge in [-0.3, -0.25) is 4.79 Å². The van der Waals surface area contributed by atoms with Crippen molar-refractivity contribution < 1.29 is 9.90 Å². The summed E-state index contributed by atoms with van der Waals surface area (Å²) in [5.41, 5.74) is 0.914. The molecule has 2 N–H and O–H groups in total. The first-order valence-corrected chi connectivity index (χ1v) is 5.12. The molecule has 0 fully saturated rings. The van der Waals surface area contributed by atoms with Gasteiger partial charge in [-0.25, -0.2) is 4.98 Å². The third-order valence-corrected chi connectivity index (χ3v) is 1.82. The normalized spacial score (nSPS) is 9.12. The minimum atomic E-state index is -0.226. The fourth-order valence-corrected chi connectivity index (χ4v) is 1.15. The van der Waals surface area contributed by atoms with E-state index < -0.39 is 0 Å². The van der Waals surface area contributed by atoms with Crippen LogP contribution in [0.15, 0.2) is 18.3 Å². The Kier molecular flexibility index (Phi) is 5.03. The van der Waals surface area contributed by atoms with Crippen molar-refractivity contribution in [3.8, 4) is 11.8 Å². The molecule has 16 heavy (non-hydrogen) atoms. The van der Waals surface area contributed by atoms with E-state index in [0.29, 0.717) is 24.2 Å². The van der Waals surface area contributed by atoms with Gasteiger partial charge in [-0.15, -0.1) is 0 Å². The van der Waals surface area contributed by atoms with Crippen LogP contribution in [0.3, 0.4) is 0 Å². The van der Waals surface area contributed by atoms with Crippen molar-refractivity contribution in [1.82, 2.24) is 10.3 Å². The summed E-state index contributed by atoms with van der Waals surface area (Å²) in [4.78, 5) is 15.6. The van der Waals surface area contributed by atoms with Crippen molar-refractivity contribution in [1.29, 1.82) is 0 Å². The molecule has 0 spiro atoms. The van der Waals surface area contributed by atoms with Gasteiger partial charge in [0, 0.05) is 19.2 Å². The van der Waals surface area contributed by atoms with Crippen LogP contribution in [0.2, 0.25) is 0 Å². The van der Waals surface area contributed by atoms with E-state index in [0.717, 1.165) is 0 Å². The van der Waals surface area contributed by atoms with Crippen molar-refractivity contribution in [2.75, 3.05) is 13.2 Å². The Hall–Kier alpha value is -1.86. The molecule has 0 aliphatic heterocycles. The fourth-order valence-electron chi connectivity index (χ4n) is 1.15. The second kappa shape index (κ2) is 6.59. The van der Waals surface area contributed by atoms with Crippen LogP contribution in [0.4, 0.5) is 0 Å². The summed E-state index contributed by atoms with van der Waals surface area (Å²) in [5.74, 6) is 5.36. The molecule has 4 heteroatoms. The maximum Gasteiger partial charge on any atom is 0.271 e. The van der Waals surface area contributed by atoms with Gasteiger partial charge in [0.15, 0.2) is 0 Å². The second-order valence-corrected chi connectivity index (χ2v) is 3.03. The van der Waals surface area contributed by atoms with Gasteiger partial charge in [-0.05, 0) is 19.1 Å². The molecule has 0 aromatic carbocycles. The number of aliphatic hydroxyl groups excluding tert-OH is 1. The Balaban J connectivity index is 2.93. The van der Waals surface area contributed by atoms with Crippen LogP contribution in [0.1, 0.15) is 29.4 Å². The molecule has 4 nitrogen and oxygen atoms in total. The number of nitrogens with one attached hydrogen (secondary N) is 1. The highest BCUT2D eigenvalue weighted by atomic mass is 16.2. The Morgan fingerprint density at radius 2 is 2.44 bits per heavy atom. The van der Waals surface area contributed by atoms with Crippen LogP contribution in [0.25, 0.3) is 0 Å². The van der Waals surface area contributed by atoms with E-state index in [1.807, 2.05) is 6.92 Å². The zero-order chi connectivity index (χ0) is 11.8. The molecular formula is C12H14N2O2. The molecule has 84 valence electrons. The van der Waals surface area contributed by atoms with Crippen molar-refractivity contribution in [2.45, 2.75) is 13.3 Å². The van der Waals surface area contributed by atoms with Gasteiger partial charge in [0.2, 0.25) is 0 Å². The number of carbonyl (C=O) groups is 1. The van der Waals surface area contributed by atoms with E-state index in [4.69, 9.17) is 5.11 Å². The van der Waals surface area contributed by atoms with Gasteiger partial charge in [-0.2, -0.15) is 0 Å². The molecule has 1 aromatic heterocycles. The molecule has 1 amide bonds. The van der Waals surface area contributed by atoms with E-state index in [2.05, 4.69) is 22.1 Å². The number of amides is 1. The minimum Gasteiger partial charge on any atom is -0.395 e. The van der Waals surface area contributed by atoms with Gasteiger partial charge in [-0.1, -0.05) is 11.8 Å². The zero-order valence-electron chi connectivity index (χ0n) is 9.16. The third kappa shape index (κ3) is 3.37. The van der Waals surface area contributed by atoms with Crippen molar-refractivity contribution >= 4 is 5.91 Å². The van der Waals surface area contributed by atoms with E-state index in [-0.39, 0.29) is 12.5 Å². The maximum atomic E-state index is 11.6. The lowest BCUT2D eigenvalue weighted by atomic mass is 10.2. The Bertz CT molecular complexity index is 419. The third-order valence-electron chi connectivity index (χ3n) is 1.82. The quantitative estimate of drug-likeness (QED) is 0.729. The van der Waals surface area contributed by atoms with E-state index >= 15 is 0 Å². The van der Waals surface area contributed by atoms with Gasteiger partial charge in [0.05, 0.1) is 12.2 Å². The standard InChI is InChI=1S/C12H14N2O2/c1-2-13-12(16)11-10(6-3-4-9-15)7-5-8-14-11/h5,7-8,15H,2,4,9H2,1H3,(H,13,16). The molecule has 1 heterocycles. The first-order valence-electron chi connectivity index (χ1n) is 5.12. The van der Waals surface area contributed by atoms with Crippen LogP contribution >= 0.6 is 0 Å². The number of hydrogen-bond donors (Lipinski definition) is 2.